The van der Waals surface area contributed by atoms with Gasteiger partial charge < -0.3 is 9.30 Å². The molecule has 0 saturated heterocycles. The molecule has 0 radical (unpaired) electrons. The fourth-order valence-electron chi connectivity index (χ4n) is 4.84. The number of aromatic nitrogens is 6. The minimum absolute atomic E-state index is 0.0597. The zero-order valence-electron chi connectivity index (χ0n) is 22.8. The molecule has 0 amide bonds. The number of carbonyl (C=O) groups is 1. The molecule has 5 rings (SSSR count). The third-order valence-corrected chi connectivity index (χ3v) is 6.81. The van der Waals surface area contributed by atoms with E-state index in [1.807, 2.05) is 6.92 Å². The minimum atomic E-state index is -4.47. The first-order chi connectivity index (χ1) is 20.1. The molecule has 0 spiro atoms. The zero-order valence-corrected chi connectivity index (χ0v) is 22.8. The van der Waals surface area contributed by atoms with Gasteiger partial charge in [0.05, 0.1) is 35.1 Å². The highest BCUT2D eigenvalue weighted by atomic mass is 19.4. The van der Waals surface area contributed by atoms with Crippen LogP contribution in [0.4, 0.5) is 13.2 Å². The Bertz CT molecular complexity index is 1870. The number of hydrogen-bond donors (Lipinski definition) is 0. The SMILES string of the molecule is CCCn1c(=O)c2c(cc(-c3cnn(Cc4cccc(C(F)(F)F)c4)c3)n2COC(=O)c2ccncc2)n(CC)c1=O. The fourth-order valence-corrected chi connectivity index (χ4v) is 4.84. The first kappa shape index (κ1) is 28.6. The Morgan fingerprint density at radius 3 is 2.45 bits per heavy atom. The summed E-state index contributed by atoms with van der Waals surface area (Å²) in [6.07, 6.45) is 2.11. The van der Waals surface area contributed by atoms with Crippen LogP contribution in [0.2, 0.25) is 0 Å². The van der Waals surface area contributed by atoms with Gasteiger partial charge in [0, 0.05) is 37.2 Å². The van der Waals surface area contributed by atoms with Crippen LogP contribution >= 0.6 is 0 Å². The first-order valence-electron chi connectivity index (χ1n) is 13.2. The average Bonchev–Trinajstić information content (AvgIpc) is 3.59. The highest BCUT2D eigenvalue weighted by Crippen LogP contribution is 2.30. The fraction of sp³-hybridized carbons (Fsp3) is 0.276. The van der Waals surface area contributed by atoms with Gasteiger partial charge in [-0.1, -0.05) is 19.1 Å². The maximum Gasteiger partial charge on any atom is 0.416 e. The van der Waals surface area contributed by atoms with Crippen molar-refractivity contribution in [1.82, 2.24) is 28.5 Å². The Hall–Kier alpha value is -4.94. The van der Waals surface area contributed by atoms with E-state index in [1.54, 1.807) is 25.3 Å². The summed E-state index contributed by atoms with van der Waals surface area (Å²) in [4.78, 5) is 43.4. The number of aryl methyl sites for hydroxylation is 1. The third kappa shape index (κ3) is 5.49. The number of carbonyl (C=O) groups excluding carboxylic acids is 1. The number of pyridine rings is 1. The maximum atomic E-state index is 13.6. The molecule has 0 aliphatic carbocycles. The van der Waals surface area contributed by atoms with Gasteiger partial charge in [-0.2, -0.15) is 18.3 Å². The van der Waals surface area contributed by atoms with Crippen molar-refractivity contribution in [1.29, 1.82) is 0 Å². The van der Waals surface area contributed by atoms with Gasteiger partial charge in [-0.25, -0.2) is 9.59 Å². The lowest BCUT2D eigenvalue weighted by Gasteiger charge is -2.13. The van der Waals surface area contributed by atoms with Crippen LogP contribution in [0.5, 0.6) is 0 Å². The summed E-state index contributed by atoms with van der Waals surface area (Å²) in [6.45, 7) is 3.85. The molecule has 0 atom stereocenters. The second-order valence-electron chi connectivity index (χ2n) is 9.60. The average molecular weight is 581 g/mol. The van der Waals surface area contributed by atoms with Crippen LogP contribution in [0.25, 0.3) is 22.3 Å². The predicted octanol–water partition coefficient (Wildman–Crippen LogP) is 4.53. The van der Waals surface area contributed by atoms with Crippen molar-refractivity contribution in [2.45, 2.75) is 52.8 Å². The normalized spacial score (nSPS) is 11.7. The second-order valence-corrected chi connectivity index (χ2v) is 9.60. The number of alkyl halides is 3. The van der Waals surface area contributed by atoms with Crippen molar-refractivity contribution in [2.75, 3.05) is 0 Å². The topological polar surface area (TPSA) is 106 Å². The Labute approximate surface area is 237 Å². The number of fused-ring (bicyclic) bond motifs is 1. The van der Waals surface area contributed by atoms with Crippen molar-refractivity contribution in [3.8, 4) is 11.3 Å². The van der Waals surface area contributed by atoms with E-state index >= 15 is 0 Å². The molecule has 0 N–H and O–H groups in total. The molecule has 4 aromatic heterocycles. The number of rotatable bonds is 9. The van der Waals surface area contributed by atoms with Crippen LogP contribution < -0.4 is 11.2 Å². The molecular weight excluding hydrogens is 553 g/mol. The monoisotopic (exact) mass is 580 g/mol. The highest BCUT2D eigenvalue weighted by molar-refractivity contribution is 5.89. The van der Waals surface area contributed by atoms with Crippen LogP contribution in [0.15, 0.2) is 76.8 Å². The summed E-state index contributed by atoms with van der Waals surface area (Å²) in [5.74, 6) is -0.636. The summed E-state index contributed by atoms with van der Waals surface area (Å²) < 4.78 is 50.8. The van der Waals surface area contributed by atoms with E-state index in [0.29, 0.717) is 28.8 Å². The third-order valence-electron chi connectivity index (χ3n) is 6.81. The Morgan fingerprint density at radius 1 is 1.00 bits per heavy atom. The molecule has 10 nitrogen and oxygen atoms in total. The Morgan fingerprint density at radius 2 is 1.76 bits per heavy atom. The van der Waals surface area contributed by atoms with Crippen molar-refractivity contribution in [3.63, 3.8) is 0 Å². The van der Waals surface area contributed by atoms with E-state index < -0.39 is 29.0 Å². The standard InChI is InChI=1S/C29H27F3N6O4/c1-3-12-37-26(39)25-24(36(4-2)28(37)41)14-23(38(25)18-42-27(40)20-8-10-33-11-9-20)21-15-34-35(17-21)16-19-6-5-7-22(13-19)29(30,31)32/h5-11,13-15,17H,3-4,12,16,18H2,1-2H3. The van der Waals surface area contributed by atoms with E-state index in [2.05, 4.69) is 10.1 Å². The predicted molar refractivity (Wildman–Crippen MR) is 148 cm³/mol. The molecule has 42 heavy (non-hydrogen) atoms. The quantitative estimate of drug-likeness (QED) is 0.237. The largest absolute Gasteiger partial charge is 0.440 e. The summed E-state index contributed by atoms with van der Waals surface area (Å²) >= 11 is 0. The number of hydrogen-bond acceptors (Lipinski definition) is 6. The van der Waals surface area contributed by atoms with Crippen LogP contribution in [0, 0.1) is 0 Å². The first-order valence-corrected chi connectivity index (χ1v) is 13.2. The molecule has 0 bridgehead atoms. The van der Waals surface area contributed by atoms with Gasteiger partial charge in [0.2, 0.25) is 0 Å². The van der Waals surface area contributed by atoms with E-state index in [9.17, 15) is 27.6 Å². The van der Waals surface area contributed by atoms with Crippen molar-refractivity contribution >= 4 is 17.0 Å². The summed E-state index contributed by atoms with van der Waals surface area (Å²) in [5.41, 5.74) is 0.418. The van der Waals surface area contributed by atoms with Gasteiger partial charge >= 0.3 is 17.8 Å². The summed E-state index contributed by atoms with van der Waals surface area (Å²) in [6, 6.07) is 9.62. The number of halogens is 3. The molecule has 0 aliphatic rings. The van der Waals surface area contributed by atoms with E-state index in [-0.39, 0.29) is 37.4 Å². The molecular formula is C29H27F3N6O4. The Balaban J connectivity index is 1.60. The molecule has 1 aromatic carbocycles. The van der Waals surface area contributed by atoms with E-state index in [4.69, 9.17) is 4.74 Å². The smallest absolute Gasteiger partial charge is 0.416 e. The van der Waals surface area contributed by atoms with Gasteiger partial charge in [-0.05, 0) is 49.2 Å². The molecule has 4 heterocycles. The maximum absolute atomic E-state index is 13.6. The van der Waals surface area contributed by atoms with Gasteiger partial charge in [0.25, 0.3) is 5.56 Å². The van der Waals surface area contributed by atoms with Crippen LogP contribution in [-0.4, -0.2) is 34.4 Å². The molecule has 0 saturated carbocycles. The zero-order chi connectivity index (χ0) is 30.0. The number of ether oxygens (including phenoxy) is 1. The van der Waals surface area contributed by atoms with Gasteiger partial charge in [-0.3, -0.25) is 23.6 Å². The van der Waals surface area contributed by atoms with Crippen LogP contribution in [0.3, 0.4) is 0 Å². The molecule has 5 aromatic rings. The lowest BCUT2D eigenvalue weighted by Crippen LogP contribution is -2.40. The molecule has 0 fully saturated rings. The van der Waals surface area contributed by atoms with Crippen molar-refractivity contribution in [2.24, 2.45) is 0 Å². The molecule has 0 aliphatic heterocycles. The van der Waals surface area contributed by atoms with E-state index in [0.717, 1.165) is 16.7 Å². The lowest BCUT2D eigenvalue weighted by molar-refractivity contribution is -0.137. The second kappa shape index (κ2) is 11.5. The van der Waals surface area contributed by atoms with E-state index in [1.165, 1.54) is 50.6 Å². The van der Waals surface area contributed by atoms with Gasteiger partial charge in [-0.15, -0.1) is 0 Å². The summed E-state index contributed by atoms with van der Waals surface area (Å²) in [5, 5.41) is 4.32. The van der Waals surface area contributed by atoms with Gasteiger partial charge in [0.1, 0.15) is 5.52 Å². The van der Waals surface area contributed by atoms with Crippen LogP contribution in [-0.2, 0) is 37.3 Å². The number of benzene rings is 1. The molecule has 0 unspecified atom stereocenters. The Kier molecular flexibility index (Phi) is 7.83. The number of nitrogens with zero attached hydrogens (tertiary/aromatic N) is 6. The van der Waals surface area contributed by atoms with Crippen molar-refractivity contribution < 1.29 is 22.7 Å². The molecule has 218 valence electrons. The molecule has 13 heteroatoms. The highest BCUT2D eigenvalue weighted by Gasteiger charge is 2.30. The van der Waals surface area contributed by atoms with Crippen LogP contribution in [0.1, 0.15) is 41.8 Å². The van der Waals surface area contributed by atoms with Crippen molar-refractivity contribution in [3.05, 3.63) is 105 Å². The number of esters is 1. The minimum Gasteiger partial charge on any atom is -0.440 e. The summed E-state index contributed by atoms with van der Waals surface area (Å²) in [7, 11) is 0. The van der Waals surface area contributed by atoms with Gasteiger partial charge in [0.15, 0.2) is 6.73 Å². The lowest BCUT2D eigenvalue weighted by atomic mass is 10.1.